The molecule has 0 heterocycles. The second kappa shape index (κ2) is 3.80. The molecule has 3 nitrogen and oxygen atoms in total. The highest BCUT2D eigenvalue weighted by molar-refractivity contribution is 5.97. The number of nitrogens with two attached hydrogens (primary N) is 1. The number of hydrogen-bond acceptors (Lipinski definition) is 2. The van der Waals surface area contributed by atoms with Crippen LogP contribution in [-0.4, -0.2) is 12.9 Å². The number of halogens is 3. The Kier molecular flexibility index (Phi) is 2.88. The quantitative estimate of drug-likeness (QED) is 0.524. The predicted molar refractivity (Wildman–Crippen MR) is 52.0 cm³/mol. The second-order valence-corrected chi connectivity index (χ2v) is 2.92. The van der Waals surface area contributed by atoms with Gasteiger partial charge in [-0.1, -0.05) is 0 Å². The minimum absolute atomic E-state index is 0.304. The Bertz CT molecular complexity index is 385. The molecule has 15 heavy (non-hydrogen) atoms. The number of benzene rings is 1. The smallest absolute Gasteiger partial charge is 0.388 e. The van der Waals surface area contributed by atoms with E-state index >= 15 is 0 Å². The van der Waals surface area contributed by atoms with E-state index in [9.17, 15) is 13.2 Å². The van der Waals surface area contributed by atoms with Crippen LogP contribution in [-0.2, 0) is 6.18 Å². The first-order valence-corrected chi connectivity index (χ1v) is 4.09. The third-order valence-electron chi connectivity index (χ3n) is 1.90. The van der Waals surface area contributed by atoms with Crippen molar-refractivity contribution < 1.29 is 13.2 Å². The molecule has 0 fully saturated rings. The molecular formula is C9H10F3N3. The lowest BCUT2D eigenvalue weighted by molar-refractivity contribution is -0.137. The highest BCUT2D eigenvalue weighted by atomic mass is 19.4. The van der Waals surface area contributed by atoms with Crippen molar-refractivity contribution in [1.29, 1.82) is 5.41 Å². The molecule has 0 aromatic heterocycles. The minimum Gasteiger partial charge on any atom is -0.388 e. The van der Waals surface area contributed by atoms with Gasteiger partial charge in [0.05, 0.1) is 5.56 Å². The summed E-state index contributed by atoms with van der Waals surface area (Å²) in [6.45, 7) is 0. The van der Waals surface area contributed by atoms with Gasteiger partial charge in [0.25, 0.3) is 0 Å². The zero-order valence-electron chi connectivity index (χ0n) is 7.94. The van der Waals surface area contributed by atoms with Crippen LogP contribution in [0.4, 0.5) is 18.9 Å². The maximum absolute atomic E-state index is 12.5. The summed E-state index contributed by atoms with van der Waals surface area (Å²) < 4.78 is 37.6. The molecule has 0 aliphatic rings. The van der Waals surface area contributed by atoms with Crippen molar-refractivity contribution in [3.63, 3.8) is 0 Å². The molecule has 1 aromatic rings. The standard InChI is InChI=1S/C9H10F3N3/c1-15-5-2-3-6(8(13)14)7(4-5)9(10,11)12/h2-4,15H,1H3,(H3,13,14). The molecule has 0 saturated carbocycles. The molecule has 0 bridgehead atoms. The van der Waals surface area contributed by atoms with Crippen molar-refractivity contribution in [3.8, 4) is 0 Å². The van der Waals surface area contributed by atoms with Crippen LogP contribution in [0.2, 0.25) is 0 Å². The van der Waals surface area contributed by atoms with E-state index in [0.29, 0.717) is 5.69 Å². The first-order valence-electron chi connectivity index (χ1n) is 4.09. The molecule has 1 aromatic carbocycles. The Labute approximate surface area is 84.6 Å². The van der Waals surface area contributed by atoms with E-state index in [4.69, 9.17) is 11.1 Å². The highest BCUT2D eigenvalue weighted by Gasteiger charge is 2.34. The molecule has 82 valence electrons. The predicted octanol–water partition coefficient (Wildman–Crippen LogP) is 2.03. The van der Waals surface area contributed by atoms with Crippen LogP contribution in [0.15, 0.2) is 18.2 Å². The van der Waals surface area contributed by atoms with Crippen LogP contribution >= 0.6 is 0 Å². The van der Waals surface area contributed by atoms with Crippen LogP contribution in [0.5, 0.6) is 0 Å². The van der Waals surface area contributed by atoms with Crippen LogP contribution < -0.4 is 11.1 Å². The monoisotopic (exact) mass is 217 g/mol. The van der Waals surface area contributed by atoms with Gasteiger partial charge in [0.15, 0.2) is 0 Å². The highest BCUT2D eigenvalue weighted by Crippen LogP contribution is 2.33. The molecule has 0 spiro atoms. The van der Waals surface area contributed by atoms with Crippen molar-refractivity contribution in [2.24, 2.45) is 5.73 Å². The van der Waals surface area contributed by atoms with E-state index < -0.39 is 17.6 Å². The molecule has 0 saturated heterocycles. The number of nitrogens with one attached hydrogen (secondary N) is 2. The van der Waals surface area contributed by atoms with E-state index in [2.05, 4.69) is 5.32 Å². The third kappa shape index (κ3) is 2.39. The van der Waals surface area contributed by atoms with Gasteiger partial charge in [-0.2, -0.15) is 13.2 Å². The summed E-state index contributed by atoms with van der Waals surface area (Å²) in [7, 11) is 1.52. The second-order valence-electron chi connectivity index (χ2n) is 2.92. The van der Waals surface area contributed by atoms with E-state index in [-0.39, 0.29) is 5.56 Å². The lowest BCUT2D eigenvalue weighted by atomic mass is 10.1. The summed E-state index contributed by atoms with van der Waals surface area (Å²) in [6.07, 6.45) is -4.51. The zero-order chi connectivity index (χ0) is 11.6. The van der Waals surface area contributed by atoms with E-state index in [1.807, 2.05) is 0 Å². The van der Waals surface area contributed by atoms with Gasteiger partial charge >= 0.3 is 6.18 Å². The summed E-state index contributed by atoms with van der Waals surface area (Å²) >= 11 is 0. The van der Waals surface area contributed by atoms with Crippen molar-refractivity contribution in [2.45, 2.75) is 6.18 Å². The molecule has 0 aliphatic carbocycles. The fraction of sp³-hybridized carbons (Fsp3) is 0.222. The first-order chi connectivity index (χ1) is 6.86. The normalized spacial score (nSPS) is 11.2. The topological polar surface area (TPSA) is 61.9 Å². The van der Waals surface area contributed by atoms with Crippen LogP contribution in [0, 0.1) is 5.41 Å². The minimum atomic E-state index is -4.51. The number of hydrogen-bond donors (Lipinski definition) is 3. The lowest BCUT2D eigenvalue weighted by Gasteiger charge is -2.13. The van der Waals surface area contributed by atoms with Crippen LogP contribution in [0.25, 0.3) is 0 Å². The molecule has 0 atom stereocenters. The fourth-order valence-corrected chi connectivity index (χ4v) is 1.17. The van der Waals surface area contributed by atoms with Gasteiger partial charge in [0, 0.05) is 18.3 Å². The molecule has 4 N–H and O–H groups in total. The summed E-state index contributed by atoms with van der Waals surface area (Å²) in [6, 6.07) is 3.54. The molecule has 0 amide bonds. The lowest BCUT2D eigenvalue weighted by Crippen LogP contribution is -2.19. The fourth-order valence-electron chi connectivity index (χ4n) is 1.17. The summed E-state index contributed by atoms with van der Waals surface area (Å²) in [5.74, 6) is -0.593. The Balaban J connectivity index is 3.36. The average molecular weight is 217 g/mol. The van der Waals surface area contributed by atoms with Crippen molar-refractivity contribution in [3.05, 3.63) is 29.3 Å². The average Bonchev–Trinajstić information content (AvgIpc) is 2.15. The van der Waals surface area contributed by atoms with Gasteiger partial charge in [-0.25, -0.2) is 0 Å². The van der Waals surface area contributed by atoms with Crippen LogP contribution in [0.3, 0.4) is 0 Å². The molecule has 0 aliphatic heterocycles. The van der Waals surface area contributed by atoms with Gasteiger partial charge < -0.3 is 11.1 Å². The van der Waals surface area contributed by atoms with Gasteiger partial charge in [-0.3, -0.25) is 5.41 Å². The van der Waals surface area contributed by atoms with Gasteiger partial charge in [-0.05, 0) is 18.2 Å². The molecule has 0 radical (unpaired) electrons. The van der Waals surface area contributed by atoms with Gasteiger partial charge in [0.1, 0.15) is 5.84 Å². The molecule has 6 heteroatoms. The van der Waals surface area contributed by atoms with E-state index in [0.717, 1.165) is 6.07 Å². The zero-order valence-corrected chi connectivity index (χ0v) is 7.94. The Hall–Kier alpha value is -1.72. The summed E-state index contributed by atoms with van der Waals surface area (Å²) in [5.41, 5.74) is 4.19. The maximum Gasteiger partial charge on any atom is 0.417 e. The molecule has 0 unspecified atom stereocenters. The van der Waals surface area contributed by atoms with Crippen LogP contribution in [0.1, 0.15) is 11.1 Å². The van der Waals surface area contributed by atoms with Gasteiger partial charge in [-0.15, -0.1) is 0 Å². The van der Waals surface area contributed by atoms with Crippen molar-refractivity contribution in [2.75, 3.05) is 12.4 Å². The molecular weight excluding hydrogens is 207 g/mol. The largest absolute Gasteiger partial charge is 0.417 e. The SMILES string of the molecule is CNc1ccc(C(=N)N)c(C(F)(F)F)c1. The van der Waals surface area contributed by atoms with E-state index in [1.54, 1.807) is 0 Å². The third-order valence-corrected chi connectivity index (χ3v) is 1.90. The number of anilines is 1. The molecule has 1 rings (SSSR count). The Morgan fingerprint density at radius 1 is 1.40 bits per heavy atom. The maximum atomic E-state index is 12.5. The Morgan fingerprint density at radius 2 is 2.00 bits per heavy atom. The van der Waals surface area contributed by atoms with Crippen molar-refractivity contribution >= 4 is 11.5 Å². The number of alkyl halides is 3. The number of rotatable bonds is 2. The van der Waals surface area contributed by atoms with E-state index in [1.165, 1.54) is 19.2 Å². The Morgan fingerprint density at radius 3 is 2.40 bits per heavy atom. The van der Waals surface area contributed by atoms with Crippen molar-refractivity contribution in [1.82, 2.24) is 0 Å². The van der Waals surface area contributed by atoms with Gasteiger partial charge in [0.2, 0.25) is 0 Å². The summed E-state index contributed by atoms with van der Waals surface area (Å²) in [5, 5.41) is 9.64. The number of amidine groups is 1. The summed E-state index contributed by atoms with van der Waals surface area (Å²) in [4.78, 5) is 0. The first kappa shape index (κ1) is 11.4. The number of nitrogen functional groups attached to an aromatic ring is 1.